The van der Waals surface area contributed by atoms with E-state index in [0.29, 0.717) is 18.4 Å². The second-order valence-electron chi connectivity index (χ2n) is 7.01. The van der Waals surface area contributed by atoms with Crippen LogP contribution in [0.4, 0.5) is 13.2 Å². The van der Waals surface area contributed by atoms with Gasteiger partial charge in [-0.05, 0) is 42.4 Å². The molecule has 0 radical (unpaired) electrons. The van der Waals surface area contributed by atoms with Crippen molar-refractivity contribution >= 4 is 0 Å². The lowest BCUT2D eigenvalue weighted by atomic mass is 9.80. The van der Waals surface area contributed by atoms with E-state index in [2.05, 4.69) is 0 Å². The zero-order chi connectivity index (χ0) is 15.3. The van der Waals surface area contributed by atoms with E-state index in [1.54, 1.807) is 12.1 Å². The van der Waals surface area contributed by atoms with E-state index in [0.717, 1.165) is 11.1 Å². The first-order valence-electron chi connectivity index (χ1n) is 6.86. The summed E-state index contributed by atoms with van der Waals surface area (Å²) >= 11 is 0. The minimum Gasteiger partial charge on any atom is -0.508 e. The van der Waals surface area contributed by atoms with Crippen molar-refractivity contribution in [3.8, 4) is 5.75 Å². The molecule has 1 aliphatic rings. The molecule has 0 aliphatic heterocycles. The van der Waals surface area contributed by atoms with Gasteiger partial charge in [0.1, 0.15) is 5.75 Å². The highest BCUT2D eigenvalue weighted by Crippen LogP contribution is 2.57. The number of aryl methyl sites for hydroxylation is 1. The van der Waals surface area contributed by atoms with Gasteiger partial charge in [-0.15, -0.1) is 0 Å². The number of aromatic hydroxyl groups is 1. The van der Waals surface area contributed by atoms with Crippen LogP contribution in [0.1, 0.15) is 56.7 Å². The Hall–Kier alpha value is -1.19. The predicted octanol–water partition coefficient (Wildman–Crippen LogP) is 4.98. The number of alkyl halides is 3. The normalized spacial score (nSPS) is 18.1. The molecule has 112 valence electrons. The SMILES string of the molecule is Cc1cc(O)c(C2(CC(F)(F)F)CC2)cc1C(C)(C)C. The Morgan fingerprint density at radius 1 is 1.15 bits per heavy atom. The lowest BCUT2D eigenvalue weighted by Gasteiger charge is -2.26. The molecule has 2 rings (SSSR count). The number of phenolic OH excluding ortho intramolecular Hbond substituents is 1. The Balaban J connectivity index is 2.48. The van der Waals surface area contributed by atoms with Gasteiger partial charge in [-0.3, -0.25) is 0 Å². The molecular formula is C16H21F3O. The molecule has 0 saturated heterocycles. The molecule has 0 atom stereocenters. The summed E-state index contributed by atoms with van der Waals surface area (Å²) < 4.78 is 38.2. The van der Waals surface area contributed by atoms with Gasteiger partial charge >= 0.3 is 6.18 Å². The summed E-state index contributed by atoms with van der Waals surface area (Å²) in [6.45, 7) is 7.96. The molecule has 1 N–H and O–H groups in total. The molecule has 0 spiro atoms. The summed E-state index contributed by atoms with van der Waals surface area (Å²) in [5.74, 6) is -0.00255. The maximum absolute atomic E-state index is 12.7. The van der Waals surface area contributed by atoms with Gasteiger partial charge in [0, 0.05) is 11.0 Å². The van der Waals surface area contributed by atoms with Crippen LogP contribution in [0.3, 0.4) is 0 Å². The highest BCUT2D eigenvalue weighted by atomic mass is 19.4. The fourth-order valence-corrected chi connectivity index (χ4v) is 3.00. The Bertz CT molecular complexity index is 520. The molecule has 4 heteroatoms. The molecular weight excluding hydrogens is 265 g/mol. The molecule has 1 fully saturated rings. The van der Waals surface area contributed by atoms with Crippen LogP contribution in [-0.4, -0.2) is 11.3 Å². The number of benzene rings is 1. The van der Waals surface area contributed by atoms with Crippen LogP contribution < -0.4 is 0 Å². The Kier molecular flexibility index (Phi) is 3.35. The molecule has 0 aromatic heterocycles. The van der Waals surface area contributed by atoms with Crippen molar-refractivity contribution in [3.63, 3.8) is 0 Å². The van der Waals surface area contributed by atoms with Gasteiger partial charge in [0.15, 0.2) is 0 Å². The quantitative estimate of drug-likeness (QED) is 0.812. The van der Waals surface area contributed by atoms with Crippen molar-refractivity contribution in [1.29, 1.82) is 0 Å². The third-order valence-electron chi connectivity index (χ3n) is 4.11. The summed E-state index contributed by atoms with van der Waals surface area (Å²) in [5.41, 5.74) is 1.32. The van der Waals surface area contributed by atoms with Crippen LogP contribution in [-0.2, 0) is 10.8 Å². The molecule has 1 aliphatic carbocycles. The highest BCUT2D eigenvalue weighted by Gasteiger charge is 2.53. The van der Waals surface area contributed by atoms with Crippen LogP contribution >= 0.6 is 0 Å². The third kappa shape index (κ3) is 2.94. The fraction of sp³-hybridized carbons (Fsp3) is 0.625. The van der Waals surface area contributed by atoms with Gasteiger partial charge in [-0.1, -0.05) is 26.8 Å². The first-order chi connectivity index (χ1) is 8.95. The Morgan fingerprint density at radius 3 is 2.10 bits per heavy atom. The summed E-state index contributed by atoms with van der Waals surface area (Å²) in [5, 5.41) is 10.1. The number of phenols is 1. The predicted molar refractivity (Wildman–Crippen MR) is 73.1 cm³/mol. The molecule has 1 aromatic rings. The second kappa shape index (κ2) is 4.40. The summed E-state index contributed by atoms with van der Waals surface area (Å²) in [6.07, 6.45) is -4.06. The van der Waals surface area contributed by atoms with E-state index in [4.69, 9.17) is 0 Å². The highest BCUT2D eigenvalue weighted by molar-refractivity contribution is 5.50. The summed E-state index contributed by atoms with van der Waals surface area (Å²) in [6, 6.07) is 3.38. The van der Waals surface area contributed by atoms with Gasteiger partial charge in [-0.2, -0.15) is 13.2 Å². The van der Waals surface area contributed by atoms with Gasteiger partial charge in [0.2, 0.25) is 0 Å². The van der Waals surface area contributed by atoms with Crippen LogP contribution in [0, 0.1) is 6.92 Å². The van der Waals surface area contributed by atoms with Crippen molar-refractivity contribution < 1.29 is 18.3 Å². The zero-order valence-electron chi connectivity index (χ0n) is 12.4. The molecule has 0 unspecified atom stereocenters. The number of rotatable bonds is 2. The Labute approximate surface area is 117 Å². The number of hydrogen-bond acceptors (Lipinski definition) is 1. The molecule has 20 heavy (non-hydrogen) atoms. The van der Waals surface area contributed by atoms with Gasteiger partial charge in [0.05, 0.1) is 6.42 Å². The van der Waals surface area contributed by atoms with Crippen LogP contribution in [0.25, 0.3) is 0 Å². The molecule has 0 heterocycles. The number of halogens is 3. The van der Waals surface area contributed by atoms with Crippen molar-refractivity contribution in [2.45, 2.75) is 64.0 Å². The molecule has 1 saturated carbocycles. The number of hydrogen-bond donors (Lipinski definition) is 1. The lowest BCUT2D eigenvalue weighted by Crippen LogP contribution is -2.21. The molecule has 0 bridgehead atoms. The van der Waals surface area contributed by atoms with E-state index in [9.17, 15) is 18.3 Å². The van der Waals surface area contributed by atoms with Crippen molar-refractivity contribution in [2.24, 2.45) is 0 Å². The van der Waals surface area contributed by atoms with Crippen LogP contribution in [0.15, 0.2) is 12.1 Å². The largest absolute Gasteiger partial charge is 0.508 e. The monoisotopic (exact) mass is 286 g/mol. The smallest absolute Gasteiger partial charge is 0.389 e. The second-order valence-corrected chi connectivity index (χ2v) is 7.01. The van der Waals surface area contributed by atoms with Crippen molar-refractivity contribution in [3.05, 3.63) is 28.8 Å². The van der Waals surface area contributed by atoms with Gasteiger partial charge in [0.25, 0.3) is 0 Å². The summed E-state index contributed by atoms with van der Waals surface area (Å²) in [4.78, 5) is 0. The van der Waals surface area contributed by atoms with Gasteiger partial charge < -0.3 is 5.11 Å². The van der Waals surface area contributed by atoms with E-state index >= 15 is 0 Å². The van der Waals surface area contributed by atoms with Crippen LogP contribution in [0.5, 0.6) is 5.75 Å². The molecule has 0 amide bonds. The van der Waals surface area contributed by atoms with Crippen molar-refractivity contribution in [2.75, 3.05) is 0 Å². The van der Waals surface area contributed by atoms with E-state index < -0.39 is 18.0 Å². The van der Waals surface area contributed by atoms with E-state index in [1.807, 2.05) is 27.7 Å². The molecule has 1 nitrogen and oxygen atoms in total. The third-order valence-corrected chi connectivity index (χ3v) is 4.11. The van der Waals surface area contributed by atoms with Crippen LogP contribution in [0.2, 0.25) is 0 Å². The average Bonchev–Trinajstić information content (AvgIpc) is 2.93. The standard InChI is InChI=1S/C16H21F3O/c1-10-7-13(20)12(8-11(10)14(2,3)4)15(5-6-15)9-16(17,18)19/h7-8,20H,5-6,9H2,1-4H3. The van der Waals surface area contributed by atoms with E-state index in [1.165, 1.54) is 0 Å². The average molecular weight is 286 g/mol. The topological polar surface area (TPSA) is 20.2 Å². The first kappa shape index (κ1) is 15.2. The maximum atomic E-state index is 12.7. The Morgan fingerprint density at radius 2 is 1.70 bits per heavy atom. The van der Waals surface area contributed by atoms with E-state index in [-0.39, 0.29) is 11.2 Å². The minimum atomic E-state index is -4.20. The maximum Gasteiger partial charge on any atom is 0.389 e. The molecule has 1 aromatic carbocycles. The van der Waals surface area contributed by atoms with Gasteiger partial charge in [-0.25, -0.2) is 0 Å². The lowest BCUT2D eigenvalue weighted by molar-refractivity contribution is -0.141. The zero-order valence-corrected chi connectivity index (χ0v) is 12.4. The fourth-order valence-electron chi connectivity index (χ4n) is 3.00. The first-order valence-corrected chi connectivity index (χ1v) is 6.86. The summed E-state index contributed by atoms with van der Waals surface area (Å²) in [7, 11) is 0. The van der Waals surface area contributed by atoms with Crippen molar-refractivity contribution in [1.82, 2.24) is 0 Å². The minimum absolute atomic E-state index is 0.00255.